The van der Waals surface area contributed by atoms with Gasteiger partial charge < -0.3 is 9.63 Å². The van der Waals surface area contributed by atoms with Gasteiger partial charge in [-0.15, -0.1) is 4.20 Å². The largest absolute Gasteiger partial charge is 0.606 e. The van der Waals surface area contributed by atoms with Crippen molar-refractivity contribution in [2.45, 2.75) is 0 Å². The molecule has 8 heteroatoms. The molecular weight excluding hydrogens is 161 g/mol. The molecule has 0 bridgehead atoms. The molecule has 1 unspecified atom stereocenters. The van der Waals surface area contributed by atoms with Gasteiger partial charge in [-0.25, -0.2) is 9.36 Å². The van der Waals surface area contributed by atoms with E-state index in [1.165, 1.54) is 0 Å². The first-order valence-corrected chi connectivity index (χ1v) is 2.94. The summed E-state index contributed by atoms with van der Waals surface area (Å²) in [5.74, 6) is 0. The monoisotopic (exact) mass is 162 g/mol. The molecule has 0 saturated carbocycles. The van der Waals surface area contributed by atoms with Crippen molar-refractivity contribution in [3.8, 4) is 0 Å². The Labute approximate surface area is 47.7 Å². The fourth-order valence-electron chi connectivity index (χ4n) is 0.107. The van der Waals surface area contributed by atoms with Gasteiger partial charge in [-0.05, 0) is 4.53 Å². The lowest BCUT2D eigenvalue weighted by Crippen LogP contribution is -1.94. The minimum Gasteiger partial charge on any atom is -0.449 e. The fraction of sp³-hybridized carbons (Fsp3) is 0. The summed E-state index contributed by atoms with van der Waals surface area (Å²) >= 11 is 0. The standard InChI is InChI=1S/CHF2O5P/c2-8-9(3,6)7-1(4)5/h(H,4,5). The van der Waals surface area contributed by atoms with Crippen LogP contribution in [0.5, 0.6) is 0 Å². The molecule has 0 aliphatic carbocycles. The minimum atomic E-state index is -5.50. The zero-order valence-corrected chi connectivity index (χ0v) is 4.68. The SMILES string of the molecule is O=C(O)OP(=O)(F)OF. The normalized spacial score (nSPS) is 16.2. The van der Waals surface area contributed by atoms with Gasteiger partial charge >= 0.3 is 14.1 Å². The average Bonchev–Trinajstić information content (AvgIpc) is 1.63. The summed E-state index contributed by atoms with van der Waals surface area (Å²) in [5, 5.41) is 7.50. The van der Waals surface area contributed by atoms with Crippen molar-refractivity contribution in [2.24, 2.45) is 0 Å². The third-order valence-electron chi connectivity index (χ3n) is 0.270. The lowest BCUT2D eigenvalue weighted by Gasteiger charge is -1.96. The van der Waals surface area contributed by atoms with Crippen molar-refractivity contribution in [3.05, 3.63) is 0 Å². The van der Waals surface area contributed by atoms with Crippen molar-refractivity contribution in [2.75, 3.05) is 0 Å². The maximum Gasteiger partial charge on any atom is 0.606 e. The van der Waals surface area contributed by atoms with Gasteiger partial charge in [0.2, 0.25) is 0 Å². The van der Waals surface area contributed by atoms with E-state index in [9.17, 15) is 18.1 Å². The van der Waals surface area contributed by atoms with E-state index in [-0.39, 0.29) is 0 Å². The molecule has 0 radical (unpaired) electrons. The second-order valence-corrected chi connectivity index (χ2v) is 2.04. The van der Waals surface area contributed by atoms with Crippen LogP contribution < -0.4 is 0 Å². The van der Waals surface area contributed by atoms with E-state index in [1.807, 2.05) is 4.73 Å². The lowest BCUT2D eigenvalue weighted by molar-refractivity contribution is -0.0351. The van der Waals surface area contributed by atoms with Crippen LogP contribution in [0.3, 0.4) is 0 Å². The maximum absolute atomic E-state index is 11.4. The minimum absolute atomic E-state index is 2.03. The third kappa shape index (κ3) is 3.87. The van der Waals surface area contributed by atoms with Crippen molar-refractivity contribution in [3.63, 3.8) is 0 Å². The van der Waals surface area contributed by atoms with Crippen molar-refractivity contribution in [1.29, 1.82) is 0 Å². The molecule has 54 valence electrons. The summed E-state index contributed by atoms with van der Waals surface area (Å²) in [5.41, 5.74) is 0. The molecule has 0 aliphatic rings. The van der Waals surface area contributed by atoms with Gasteiger partial charge in [0.05, 0.1) is 0 Å². The quantitative estimate of drug-likeness (QED) is 0.625. The van der Waals surface area contributed by atoms with E-state index >= 15 is 0 Å². The Morgan fingerprint density at radius 1 is 1.67 bits per heavy atom. The van der Waals surface area contributed by atoms with Gasteiger partial charge in [0.15, 0.2) is 0 Å². The molecule has 0 amide bonds. The predicted octanol–water partition coefficient (Wildman–Crippen LogP) is 1.66. The Hall–Kier alpha value is -0.680. The molecule has 0 aromatic rings. The van der Waals surface area contributed by atoms with Crippen LogP contribution in [0.15, 0.2) is 0 Å². The zero-order chi connectivity index (χ0) is 7.49. The highest BCUT2D eigenvalue weighted by atomic mass is 31.2. The Morgan fingerprint density at radius 3 is 2.22 bits per heavy atom. The van der Waals surface area contributed by atoms with E-state index in [0.717, 1.165) is 0 Å². The highest BCUT2D eigenvalue weighted by molar-refractivity contribution is 7.48. The molecule has 0 saturated heterocycles. The van der Waals surface area contributed by atoms with Crippen LogP contribution in [0.1, 0.15) is 0 Å². The van der Waals surface area contributed by atoms with Crippen LogP contribution in [-0.2, 0) is 13.8 Å². The highest BCUT2D eigenvalue weighted by Crippen LogP contribution is 2.50. The van der Waals surface area contributed by atoms with Crippen LogP contribution in [-0.4, -0.2) is 11.3 Å². The summed E-state index contributed by atoms with van der Waals surface area (Å²) in [6.07, 6.45) is -2.21. The molecule has 5 nitrogen and oxygen atoms in total. The summed E-state index contributed by atoms with van der Waals surface area (Å²) < 4.78 is 36.4. The number of rotatable bonds is 2. The molecule has 0 aromatic carbocycles. The highest BCUT2D eigenvalue weighted by Gasteiger charge is 2.30. The fourth-order valence-corrected chi connectivity index (χ4v) is 0.322. The molecule has 0 fully saturated rings. The third-order valence-corrected chi connectivity index (χ3v) is 0.809. The average molecular weight is 162 g/mol. The van der Waals surface area contributed by atoms with Gasteiger partial charge in [-0.1, -0.05) is 4.73 Å². The van der Waals surface area contributed by atoms with E-state index in [0.29, 0.717) is 0 Å². The van der Waals surface area contributed by atoms with E-state index in [2.05, 4.69) is 4.52 Å². The van der Waals surface area contributed by atoms with Crippen LogP contribution in [0.2, 0.25) is 0 Å². The van der Waals surface area contributed by atoms with E-state index in [1.54, 1.807) is 0 Å². The summed E-state index contributed by atoms with van der Waals surface area (Å²) in [6.45, 7) is 0. The molecule has 0 rings (SSSR count). The summed E-state index contributed by atoms with van der Waals surface area (Å²) in [7, 11) is -5.50. The molecular formula is CHF2O5P. The first-order chi connectivity index (χ1) is 3.98. The maximum atomic E-state index is 11.4. The van der Waals surface area contributed by atoms with Gasteiger partial charge in [0.1, 0.15) is 0 Å². The molecule has 0 aromatic heterocycles. The second-order valence-electron chi connectivity index (χ2n) is 0.857. The topological polar surface area (TPSA) is 72.8 Å². The Bertz CT molecular complexity index is 155. The van der Waals surface area contributed by atoms with Gasteiger partial charge in [-0.3, -0.25) is 0 Å². The molecule has 9 heavy (non-hydrogen) atoms. The Morgan fingerprint density at radius 2 is 2.11 bits per heavy atom. The Kier molecular flexibility index (Phi) is 2.54. The number of carboxylic acid groups (broad SMARTS) is 1. The van der Waals surface area contributed by atoms with Crippen LogP contribution >= 0.6 is 7.91 Å². The van der Waals surface area contributed by atoms with Crippen LogP contribution in [0.4, 0.5) is 13.5 Å². The second kappa shape index (κ2) is 2.75. The number of carbonyl (C=O) groups is 1. The molecule has 0 spiro atoms. The number of hydrogen-bond acceptors (Lipinski definition) is 4. The van der Waals surface area contributed by atoms with Gasteiger partial charge in [0.25, 0.3) is 0 Å². The van der Waals surface area contributed by atoms with Gasteiger partial charge in [-0.2, -0.15) is 0 Å². The smallest absolute Gasteiger partial charge is 0.449 e. The predicted molar refractivity (Wildman–Crippen MR) is 20.0 cm³/mol. The zero-order valence-electron chi connectivity index (χ0n) is 3.78. The molecule has 1 atom stereocenters. The van der Waals surface area contributed by atoms with Crippen molar-refractivity contribution >= 4 is 14.1 Å². The van der Waals surface area contributed by atoms with Crippen LogP contribution in [0, 0.1) is 0 Å². The Balaban J connectivity index is 3.88. The summed E-state index contributed by atoms with van der Waals surface area (Å²) in [6, 6.07) is 0. The first-order valence-electron chi connectivity index (χ1n) is 1.50. The molecule has 1 N–H and O–H groups in total. The van der Waals surface area contributed by atoms with Crippen LogP contribution in [0.25, 0.3) is 0 Å². The van der Waals surface area contributed by atoms with Crippen molar-refractivity contribution in [1.82, 2.24) is 0 Å². The number of halogens is 2. The summed E-state index contributed by atoms with van der Waals surface area (Å²) in [4.78, 5) is 9.29. The number of hydrogen-bond donors (Lipinski definition) is 1. The first kappa shape index (κ1) is 8.32. The van der Waals surface area contributed by atoms with Gasteiger partial charge in [0, 0.05) is 0 Å². The molecule has 0 aliphatic heterocycles. The molecule has 0 heterocycles. The van der Waals surface area contributed by atoms with E-state index in [4.69, 9.17) is 5.11 Å². The lowest BCUT2D eigenvalue weighted by atomic mass is 11.5. The van der Waals surface area contributed by atoms with Crippen molar-refractivity contribution < 1.29 is 32.4 Å². The van der Waals surface area contributed by atoms with E-state index < -0.39 is 14.1 Å².